The molecule has 4 rings (SSSR count). The summed E-state index contributed by atoms with van der Waals surface area (Å²) in [5.41, 5.74) is 4.03. The highest BCUT2D eigenvalue weighted by atomic mass is 32.2. The van der Waals surface area contributed by atoms with E-state index in [0.717, 1.165) is 16.8 Å². The molecule has 6 nitrogen and oxygen atoms in total. The van der Waals surface area contributed by atoms with Crippen molar-refractivity contribution in [2.24, 2.45) is 0 Å². The normalized spacial score (nSPS) is 11.5. The largest absolute Gasteiger partial charge is 0.411 e. The molecule has 0 spiro atoms. The molecular formula is C23H22N4O2S2. The lowest BCUT2D eigenvalue weighted by Crippen LogP contribution is -2.13. The maximum atomic E-state index is 12.3. The molecule has 0 fully saturated rings. The summed E-state index contributed by atoms with van der Waals surface area (Å²) in [6.07, 6.45) is 0. The molecule has 0 saturated heterocycles. The first-order valence-electron chi connectivity index (χ1n) is 9.76. The Labute approximate surface area is 189 Å². The Kier molecular flexibility index (Phi) is 6.20. The predicted molar refractivity (Wildman–Crippen MR) is 125 cm³/mol. The van der Waals surface area contributed by atoms with E-state index in [0.29, 0.717) is 16.2 Å². The summed E-state index contributed by atoms with van der Waals surface area (Å²) >= 11 is 2.59. The maximum absolute atomic E-state index is 12.3. The molecule has 0 aliphatic rings. The quantitative estimate of drug-likeness (QED) is 0.369. The number of carbonyl (C=O) groups is 1. The van der Waals surface area contributed by atoms with Crippen molar-refractivity contribution in [3.05, 3.63) is 65.5 Å². The average molecular weight is 451 g/mol. The molecule has 2 aromatic heterocycles. The fourth-order valence-corrected chi connectivity index (χ4v) is 4.15. The molecule has 0 radical (unpaired) electrons. The van der Waals surface area contributed by atoms with Crippen LogP contribution in [0.1, 0.15) is 26.3 Å². The van der Waals surface area contributed by atoms with Gasteiger partial charge in [-0.25, -0.2) is 4.98 Å². The second-order valence-electron chi connectivity index (χ2n) is 7.94. The molecule has 158 valence electrons. The van der Waals surface area contributed by atoms with Crippen LogP contribution in [0.4, 0.5) is 5.13 Å². The smallest absolute Gasteiger partial charge is 0.277 e. The monoisotopic (exact) mass is 450 g/mol. The van der Waals surface area contributed by atoms with Crippen molar-refractivity contribution in [1.82, 2.24) is 15.2 Å². The molecule has 0 bridgehead atoms. The molecule has 1 N–H and O–H groups in total. The van der Waals surface area contributed by atoms with E-state index in [1.165, 1.54) is 28.7 Å². The number of nitrogens with one attached hydrogen (secondary N) is 1. The molecule has 0 aliphatic carbocycles. The second-order valence-corrected chi connectivity index (χ2v) is 9.73. The third-order valence-electron chi connectivity index (χ3n) is 4.55. The van der Waals surface area contributed by atoms with Gasteiger partial charge >= 0.3 is 0 Å². The maximum Gasteiger partial charge on any atom is 0.277 e. The number of thiazole rings is 1. The molecule has 8 heteroatoms. The Balaban J connectivity index is 1.32. The lowest BCUT2D eigenvalue weighted by atomic mass is 9.87. The van der Waals surface area contributed by atoms with Crippen LogP contribution in [-0.2, 0) is 10.2 Å². The molecule has 0 saturated carbocycles. The number of aromatic nitrogens is 3. The zero-order valence-electron chi connectivity index (χ0n) is 17.5. The highest BCUT2D eigenvalue weighted by Crippen LogP contribution is 2.28. The summed E-state index contributed by atoms with van der Waals surface area (Å²) in [4.78, 5) is 16.8. The van der Waals surface area contributed by atoms with Crippen LogP contribution in [0, 0.1) is 0 Å². The minimum absolute atomic E-state index is 0.0844. The third-order valence-corrected chi connectivity index (χ3v) is 6.13. The van der Waals surface area contributed by atoms with Crippen LogP contribution in [0.15, 0.2) is 69.6 Å². The van der Waals surface area contributed by atoms with Gasteiger partial charge in [0.15, 0.2) is 5.13 Å². The van der Waals surface area contributed by atoms with E-state index in [-0.39, 0.29) is 17.1 Å². The van der Waals surface area contributed by atoms with Crippen molar-refractivity contribution < 1.29 is 9.21 Å². The Morgan fingerprint density at radius 3 is 2.48 bits per heavy atom. The van der Waals surface area contributed by atoms with Crippen LogP contribution in [0.5, 0.6) is 0 Å². The standard InChI is InChI=1S/C23H22N4O2S2/c1-23(2,3)17-11-9-16(10-12-17)20-26-27-22(29-20)31-14-19(28)25-21-24-18(13-30-21)15-7-5-4-6-8-15/h4-13H,14H2,1-3H3,(H,24,25,28). The molecule has 1 amide bonds. The average Bonchev–Trinajstić information content (AvgIpc) is 3.42. The molecular weight excluding hydrogens is 428 g/mol. The second kappa shape index (κ2) is 9.03. The van der Waals surface area contributed by atoms with Gasteiger partial charge in [0, 0.05) is 16.5 Å². The highest BCUT2D eigenvalue weighted by molar-refractivity contribution is 7.99. The van der Waals surface area contributed by atoms with Crippen molar-refractivity contribution in [2.75, 3.05) is 11.1 Å². The first-order chi connectivity index (χ1) is 14.9. The summed E-state index contributed by atoms with van der Waals surface area (Å²) < 4.78 is 5.71. The fraction of sp³-hybridized carbons (Fsp3) is 0.217. The number of benzene rings is 2. The van der Waals surface area contributed by atoms with E-state index in [1.54, 1.807) is 0 Å². The molecule has 31 heavy (non-hydrogen) atoms. The van der Waals surface area contributed by atoms with Crippen LogP contribution in [-0.4, -0.2) is 26.8 Å². The molecule has 2 aromatic carbocycles. The number of anilines is 1. The van der Waals surface area contributed by atoms with Crippen molar-refractivity contribution >= 4 is 34.1 Å². The molecule has 4 aromatic rings. The van der Waals surface area contributed by atoms with E-state index in [4.69, 9.17) is 4.42 Å². The van der Waals surface area contributed by atoms with E-state index >= 15 is 0 Å². The Hall–Kier alpha value is -2.97. The van der Waals surface area contributed by atoms with Gasteiger partial charge in [-0.1, -0.05) is 75.0 Å². The van der Waals surface area contributed by atoms with Crippen molar-refractivity contribution in [1.29, 1.82) is 0 Å². The van der Waals surface area contributed by atoms with Crippen LogP contribution in [0.3, 0.4) is 0 Å². The molecule has 0 atom stereocenters. The summed E-state index contributed by atoms with van der Waals surface area (Å²) in [6, 6.07) is 17.9. The first kappa shape index (κ1) is 21.3. The number of rotatable bonds is 6. The Morgan fingerprint density at radius 2 is 1.77 bits per heavy atom. The van der Waals surface area contributed by atoms with Gasteiger partial charge in [0.25, 0.3) is 5.22 Å². The van der Waals surface area contributed by atoms with E-state index in [2.05, 4.69) is 53.4 Å². The summed E-state index contributed by atoms with van der Waals surface area (Å²) in [5.74, 6) is 0.425. The lowest BCUT2D eigenvalue weighted by molar-refractivity contribution is -0.113. The van der Waals surface area contributed by atoms with Crippen LogP contribution in [0.25, 0.3) is 22.7 Å². The lowest BCUT2D eigenvalue weighted by Gasteiger charge is -2.18. The number of hydrogen-bond donors (Lipinski definition) is 1. The number of amides is 1. The van der Waals surface area contributed by atoms with Crippen LogP contribution < -0.4 is 5.32 Å². The number of carbonyl (C=O) groups excluding carboxylic acids is 1. The predicted octanol–water partition coefficient (Wildman–Crippen LogP) is 5.89. The fourth-order valence-electron chi connectivity index (χ4n) is 2.85. The van der Waals surface area contributed by atoms with Gasteiger partial charge in [-0.05, 0) is 23.1 Å². The van der Waals surface area contributed by atoms with Crippen molar-refractivity contribution in [2.45, 2.75) is 31.4 Å². The van der Waals surface area contributed by atoms with E-state index in [9.17, 15) is 4.79 Å². The zero-order chi connectivity index (χ0) is 21.8. The first-order valence-corrected chi connectivity index (χ1v) is 11.6. The minimum Gasteiger partial charge on any atom is -0.411 e. The molecule has 2 heterocycles. The SMILES string of the molecule is CC(C)(C)c1ccc(-c2nnc(SCC(=O)Nc3nc(-c4ccccc4)cs3)o2)cc1. The minimum atomic E-state index is -0.173. The van der Waals surface area contributed by atoms with Crippen molar-refractivity contribution in [3.8, 4) is 22.7 Å². The van der Waals surface area contributed by atoms with Gasteiger partial charge < -0.3 is 9.73 Å². The Morgan fingerprint density at radius 1 is 1.03 bits per heavy atom. The highest BCUT2D eigenvalue weighted by Gasteiger charge is 2.16. The van der Waals surface area contributed by atoms with Crippen LogP contribution >= 0.6 is 23.1 Å². The summed E-state index contributed by atoms with van der Waals surface area (Å²) in [5, 5.41) is 13.8. The number of thioether (sulfide) groups is 1. The van der Waals surface area contributed by atoms with Gasteiger partial charge in [0.1, 0.15) is 0 Å². The van der Waals surface area contributed by atoms with Crippen molar-refractivity contribution in [3.63, 3.8) is 0 Å². The van der Waals surface area contributed by atoms with Gasteiger partial charge in [-0.15, -0.1) is 21.5 Å². The summed E-state index contributed by atoms with van der Waals surface area (Å²) in [7, 11) is 0. The molecule has 0 aliphatic heterocycles. The summed E-state index contributed by atoms with van der Waals surface area (Å²) in [6.45, 7) is 6.51. The number of hydrogen-bond acceptors (Lipinski definition) is 7. The van der Waals surface area contributed by atoms with E-state index < -0.39 is 0 Å². The van der Waals surface area contributed by atoms with Gasteiger partial charge in [0.05, 0.1) is 11.4 Å². The van der Waals surface area contributed by atoms with Gasteiger partial charge in [-0.2, -0.15) is 0 Å². The topological polar surface area (TPSA) is 80.9 Å². The van der Waals surface area contributed by atoms with Gasteiger partial charge in [-0.3, -0.25) is 4.79 Å². The van der Waals surface area contributed by atoms with E-state index in [1.807, 2.05) is 47.8 Å². The molecule has 0 unspecified atom stereocenters. The zero-order valence-corrected chi connectivity index (χ0v) is 19.1. The Bertz CT molecular complexity index is 1160. The van der Waals surface area contributed by atoms with Crippen LogP contribution in [0.2, 0.25) is 0 Å². The third kappa shape index (κ3) is 5.39. The number of nitrogens with zero attached hydrogens (tertiary/aromatic N) is 3. The van der Waals surface area contributed by atoms with Gasteiger partial charge in [0.2, 0.25) is 11.8 Å².